The van der Waals surface area contributed by atoms with Crippen molar-refractivity contribution in [1.29, 1.82) is 0 Å². The van der Waals surface area contributed by atoms with E-state index in [-0.39, 0.29) is 30.1 Å². The lowest BCUT2D eigenvalue weighted by Gasteiger charge is -2.38. The second-order valence-electron chi connectivity index (χ2n) is 7.33. The number of ketones is 1. The minimum absolute atomic E-state index is 0.0301. The maximum absolute atomic E-state index is 14.1. The Labute approximate surface area is 144 Å². The van der Waals surface area contributed by atoms with Gasteiger partial charge in [0.25, 0.3) is 0 Å². The van der Waals surface area contributed by atoms with Crippen molar-refractivity contribution in [2.24, 2.45) is 5.41 Å². The second-order valence-corrected chi connectivity index (χ2v) is 7.33. The van der Waals surface area contributed by atoms with Gasteiger partial charge in [0.05, 0.1) is 11.0 Å². The van der Waals surface area contributed by atoms with Crippen LogP contribution in [0.5, 0.6) is 5.75 Å². The molecule has 2 aliphatic rings. The number of hydrogen-bond acceptors (Lipinski definition) is 2. The van der Waals surface area contributed by atoms with Crippen LogP contribution in [0, 0.1) is 11.2 Å². The van der Waals surface area contributed by atoms with Crippen molar-refractivity contribution in [3.05, 3.63) is 29.1 Å². The fourth-order valence-electron chi connectivity index (χ4n) is 3.63. The first-order chi connectivity index (χ1) is 11.7. The van der Waals surface area contributed by atoms with Crippen molar-refractivity contribution < 1.29 is 27.1 Å². The van der Waals surface area contributed by atoms with Gasteiger partial charge in [0.2, 0.25) is 0 Å². The van der Waals surface area contributed by atoms with Crippen molar-refractivity contribution in [3.8, 4) is 5.75 Å². The van der Waals surface area contributed by atoms with E-state index in [1.165, 1.54) is 13.0 Å². The first kappa shape index (κ1) is 18.2. The molecule has 2 saturated carbocycles. The monoisotopic (exact) mass is 358 g/mol. The van der Waals surface area contributed by atoms with Gasteiger partial charge in [-0.1, -0.05) is 19.3 Å². The highest BCUT2D eigenvalue weighted by Crippen LogP contribution is 2.50. The number of hydrogen-bond donors (Lipinski definition) is 0. The van der Waals surface area contributed by atoms with Gasteiger partial charge in [-0.2, -0.15) is 13.2 Å². The normalized spacial score (nSPS) is 20.4. The SMILES string of the molecule is CC(=O)c1cc(C2CC2)c(OCC2(C(F)(F)F)CCCCC2)cc1F. The summed E-state index contributed by atoms with van der Waals surface area (Å²) in [5, 5.41) is 0. The van der Waals surface area contributed by atoms with Gasteiger partial charge < -0.3 is 4.74 Å². The summed E-state index contributed by atoms with van der Waals surface area (Å²) in [5.41, 5.74) is -1.24. The van der Waals surface area contributed by atoms with Gasteiger partial charge in [-0.25, -0.2) is 4.39 Å². The molecular weight excluding hydrogens is 336 g/mol. The molecule has 1 aromatic carbocycles. The molecule has 0 aliphatic heterocycles. The number of rotatable bonds is 5. The van der Waals surface area contributed by atoms with E-state index in [9.17, 15) is 22.4 Å². The first-order valence-electron chi connectivity index (χ1n) is 8.77. The van der Waals surface area contributed by atoms with Crippen LogP contribution in [0.15, 0.2) is 12.1 Å². The Morgan fingerprint density at radius 1 is 1.20 bits per heavy atom. The molecule has 0 amide bonds. The molecular formula is C19H22F4O2. The highest BCUT2D eigenvalue weighted by molar-refractivity contribution is 5.94. The zero-order chi connectivity index (χ0) is 18.2. The maximum atomic E-state index is 14.1. The van der Waals surface area contributed by atoms with Crippen LogP contribution in [0.2, 0.25) is 0 Å². The molecule has 1 aromatic rings. The molecule has 2 nitrogen and oxygen atoms in total. The Hall–Kier alpha value is -1.59. The van der Waals surface area contributed by atoms with Gasteiger partial charge in [-0.05, 0) is 50.2 Å². The number of Topliss-reactive ketones (excluding diaryl/α,β-unsaturated/α-hetero) is 1. The molecule has 138 valence electrons. The largest absolute Gasteiger partial charge is 0.492 e. The van der Waals surface area contributed by atoms with Gasteiger partial charge in [0, 0.05) is 6.07 Å². The summed E-state index contributed by atoms with van der Waals surface area (Å²) in [7, 11) is 0. The van der Waals surface area contributed by atoms with E-state index in [1.807, 2.05) is 0 Å². The van der Waals surface area contributed by atoms with Gasteiger partial charge in [0.15, 0.2) is 5.78 Å². The predicted octanol–water partition coefficient (Wildman–Crippen LogP) is 5.80. The van der Waals surface area contributed by atoms with Crippen LogP contribution in [0.1, 0.15) is 73.7 Å². The van der Waals surface area contributed by atoms with E-state index < -0.39 is 29.8 Å². The molecule has 0 N–H and O–H groups in total. The third-order valence-corrected chi connectivity index (χ3v) is 5.41. The number of alkyl halides is 3. The molecule has 0 saturated heterocycles. The van der Waals surface area contributed by atoms with E-state index in [4.69, 9.17) is 4.74 Å². The van der Waals surface area contributed by atoms with Crippen molar-refractivity contribution in [3.63, 3.8) is 0 Å². The first-order valence-corrected chi connectivity index (χ1v) is 8.77. The molecule has 0 bridgehead atoms. The van der Waals surface area contributed by atoms with Gasteiger partial charge in [0.1, 0.15) is 18.2 Å². The fourth-order valence-corrected chi connectivity index (χ4v) is 3.63. The highest BCUT2D eigenvalue weighted by atomic mass is 19.4. The second kappa shape index (κ2) is 6.61. The number of ether oxygens (including phenoxy) is 1. The summed E-state index contributed by atoms with van der Waals surface area (Å²) in [5.74, 6) is -0.845. The van der Waals surface area contributed by atoms with E-state index in [0.717, 1.165) is 25.3 Å². The molecule has 0 unspecified atom stereocenters. The van der Waals surface area contributed by atoms with E-state index >= 15 is 0 Å². The molecule has 2 aliphatic carbocycles. The topological polar surface area (TPSA) is 26.3 Å². The minimum Gasteiger partial charge on any atom is -0.492 e. The third kappa shape index (κ3) is 3.67. The fraction of sp³-hybridized carbons (Fsp3) is 0.632. The summed E-state index contributed by atoms with van der Waals surface area (Å²) in [6.07, 6.45) is -0.649. The molecule has 0 aromatic heterocycles. The Morgan fingerprint density at radius 2 is 1.84 bits per heavy atom. The van der Waals surface area contributed by atoms with Crippen LogP contribution in [0.25, 0.3) is 0 Å². The standard InChI is InChI=1S/C19H22F4O2/c1-12(24)14-9-15(13-5-6-13)17(10-16(14)20)25-11-18(19(21,22)23)7-3-2-4-8-18/h9-10,13H,2-8,11H2,1H3. The van der Waals surface area contributed by atoms with Gasteiger partial charge >= 0.3 is 6.18 Å². The molecule has 0 heterocycles. The Bertz CT molecular complexity index is 656. The van der Waals surface area contributed by atoms with Crippen molar-refractivity contribution in [1.82, 2.24) is 0 Å². The Kier molecular flexibility index (Phi) is 4.82. The summed E-state index contributed by atoms with van der Waals surface area (Å²) in [6.45, 7) is 0.783. The smallest absolute Gasteiger partial charge is 0.397 e. The third-order valence-electron chi connectivity index (χ3n) is 5.41. The lowest BCUT2D eigenvalue weighted by atomic mass is 9.74. The van der Waals surface area contributed by atoms with Crippen molar-refractivity contribution in [2.75, 3.05) is 6.61 Å². The Balaban J connectivity index is 1.87. The Morgan fingerprint density at radius 3 is 2.36 bits per heavy atom. The van der Waals surface area contributed by atoms with Crippen LogP contribution in [-0.4, -0.2) is 18.6 Å². The molecule has 2 fully saturated rings. The van der Waals surface area contributed by atoms with E-state index in [1.54, 1.807) is 0 Å². The summed E-state index contributed by atoms with van der Waals surface area (Å²) < 4.78 is 60.6. The molecule has 3 rings (SSSR count). The van der Waals surface area contributed by atoms with Gasteiger partial charge in [-0.3, -0.25) is 4.79 Å². The van der Waals surface area contributed by atoms with E-state index in [2.05, 4.69) is 0 Å². The predicted molar refractivity (Wildman–Crippen MR) is 85.4 cm³/mol. The number of carbonyl (C=O) groups excluding carboxylic acids is 1. The lowest BCUT2D eigenvalue weighted by Crippen LogP contribution is -2.44. The molecule has 0 atom stereocenters. The van der Waals surface area contributed by atoms with E-state index in [0.29, 0.717) is 18.4 Å². The average Bonchev–Trinajstić information content (AvgIpc) is 3.37. The van der Waals surface area contributed by atoms with Crippen molar-refractivity contribution in [2.45, 2.75) is 64.0 Å². The number of carbonyl (C=O) groups is 1. The zero-order valence-corrected chi connectivity index (χ0v) is 14.2. The number of halogens is 4. The van der Waals surface area contributed by atoms with Crippen LogP contribution < -0.4 is 4.74 Å². The number of benzene rings is 1. The molecule has 0 radical (unpaired) electrons. The molecule has 0 spiro atoms. The lowest BCUT2D eigenvalue weighted by molar-refractivity contribution is -0.243. The average molecular weight is 358 g/mol. The summed E-state index contributed by atoms with van der Waals surface area (Å²) in [6, 6.07) is 2.53. The van der Waals surface area contributed by atoms with Crippen molar-refractivity contribution >= 4 is 5.78 Å². The summed E-state index contributed by atoms with van der Waals surface area (Å²) >= 11 is 0. The maximum Gasteiger partial charge on any atom is 0.397 e. The van der Waals surface area contributed by atoms with Crippen LogP contribution in [0.3, 0.4) is 0 Å². The molecule has 6 heteroatoms. The molecule has 25 heavy (non-hydrogen) atoms. The minimum atomic E-state index is -4.34. The van der Waals surface area contributed by atoms with Crippen LogP contribution in [0.4, 0.5) is 17.6 Å². The summed E-state index contributed by atoms with van der Waals surface area (Å²) in [4.78, 5) is 11.5. The highest BCUT2D eigenvalue weighted by Gasteiger charge is 2.55. The quantitative estimate of drug-likeness (QED) is 0.491. The van der Waals surface area contributed by atoms with Crippen LogP contribution in [-0.2, 0) is 0 Å². The van der Waals surface area contributed by atoms with Gasteiger partial charge in [-0.15, -0.1) is 0 Å². The van der Waals surface area contributed by atoms with Crippen LogP contribution >= 0.6 is 0 Å². The zero-order valence-electron chi connectivity index (χ0n) is 14.2.